The number of hydrogen-bond acceptors (Lipinski definition) is 4. The van der Waals surface area contributed by atoms with Gasteiger partial charge in [-0.1, -0.05) is 29.4 Å². The van der Waals surface area contributed by atoms with Crippen LogP contribution in [0.4, 0.5) is 0 Å². The standard InChI is InChI=1S/C17H13N3O2/c1-9-18-15-14(19-22)12-7-10-5-3-4-6-11(10)8-13(12)17(21)16(15)20(9)2/h3-8,22H,1-2H3/b19-14+. The Balaban J connectivity index is 2.11. The molecule has 5 nitrogen and oxygen atoms in total. The van der Waals surface area contributed by atoms with Crippen molar-refractivity contribution in [2.75, 3.05) is 0 Å². The van der Waals surface area contributed by atoms with Crippen molar-refractivity contribution in [3.8, 4) is 0 Å². The van der Waals surface area contributed by atoms with E-state index in [-0.39, 0.29) is 5.78 Å². The highest BCUT2D eigenvalue weighted by molar-refractivity contribution is 6.29. The summed E-state index contributed by atoms with van der Waals surface area (Å²) in [7, 11) is 1.79. The number of rotatable bonds is 0. The molecule has 1 heterocycles. The highest BCUT2D eigenvalue weighted by Crippen LogP contribution is 2.31. The number of oxime groups is 1. The van der Waals surface area contributed by atoms with Gasteiger partial charge in [-0.05, 0) is 29.8 Å². The van der Waals surface area contributed by atoms with Crippen LogP contribution < -0.4 is 0 Å². The Kier molecular flexibility index (Phi) is 2.48. The molecule has 0 amide bonds. The molecule has 0 saturated heterocycles. The molecule has 0 bridgehead atoms. The monoisotopic (exact) mass is 291 g/mol. The van der Waals surface area contributed by atoms with E-state index in [4.69, 9.17) is 0 Å². The van der Waals surface area contributed by atoms with Crippen LogP contribution in [0.2, 0.25) is 0 Å². The fraction of sp³-hybridized carbons (Fsp3) is 0.118. The molecule has 0 saturated carbocycles. The zero-order valence-corrected chi connectivity index (χ0v) is 12.2. The Morgan fingerprint density at radius 3 is 2.41 bits per heavy atom. The van der Waals surface area contributed by atoms with Crippen LogP contribution in [0.25, 0.3) is 10.8 Å². The van der Waals surface area contributed by atoms with Gasteiger partial charge in [0.2, 0.25) is 5.78 Å². The van der Waals surface area contributed by atoms with Crippen LogP contribution in [0.3, 0.4) is 0 Å². The normalized spacial score (nSPS) is 15.2. The molecule has 0 spiro atoms. The fourth-order valence-corrected chi connectivity index (χ4v) is 3.02. The first-order valence-electron chi connectivity index (χ1n) is 6.95. The van der Waals surface area contributed by atoms with E-state index < -0.39 is 0 Å². The minimum Gasteiger partial charge on any atom is -0.410 e. The maximum absolute atomic E-state index is 12.8. The van der Waals surface area contributed by atoms with Gasteiger partial charge in [0, 0.05) is 18.2 Å². The molecule has 1 aliphatic rings. The van der Waals surface area contributed by atoms with Crippen LogP contribution in [0.15, 0.2) is 41.6 Å². The molecule has 0 unspecified atom stereocenters. The van der Waals surface area contributed by atoms with Gasteiger partial charge in [-0.25, -0.2) is 4.98 Å². The van der Waals surface area contributed by atoms with Gasteiger partial charge in [-0.15, -0.1) is 0 Å². The highest BCUT2D eigenvalue weighted by Gasteiger charge is 2.33. The number of ketones is 1. The molecule has 0 fully saturated rings. The van der Waals surface area contributed by atoms with Gasteiger partial charge in [0.15, 0.2) is 0 Å². The van der Waals surface area contributed by atoms with Crippen molar-refractivity contribution in [2.24, 2.45) is 12.2 Å². The lowest BCUT2D eigenvalue weighted by molar-refractivity contribution is 0.103. The third-order valence-corrected chi connectivity index (χ3v) is 4.24. The van der Waals surface area contributed by atoms with Gasteiger partial charge in [0.25, 0.3) is 0 Å². The summed E-state index contributed by atoms with van der Waals surface area (Å²) < 4.78 is 1.74. The number of aryl methyl sites for hydroxylation is 1. The molecule has 0 radical (unpaired) electrons. The van der Waals surface area contributed by atoms with Gasteiger partial charge in [-0.2, -0.15) is 0 Å². The largest absolute Gasteiger partial charge is 0.410 e. The summed E-state index contributed by atoms with van der Waals surface area (Å²) in [6.45, 7) is 1.82. The van der Waals surface area contributed by atoms with Crippen LogP contribution >= 0.6 is 0 Å². The van der Waals surface area contributed by atoms with Crippen LogP contribution in [0.1, 0.15) is 33.1 Å². The number of carbonyl (C=O) groups excluding carboxylic acids is 1. The minimum absolute atomic E-state index is 0.0914. The molecule has 5 heteroatoms. The number of hydrogen-bond donors (Lipinski definition) is 1. The number of nitrogens with zero attached hydrogens (tertiary/aromatic N) is 3. The van der Waals surface area contributed by atoms with Crippen LogP contribution in [0, 0.1) is 6.92 Å². The SMILES string of the molecule is Cc1nc2c(n1C)C(=O)c1cc3ccccc3cc1/C2=N\O. The summed E-state index contributed by atoms with van der Waals surface area (Å²) in [6, 6.07) is 11.5. The van der Waals surface area contributed by atoms with Crippen LogP contribution in [-0.4, -0.2) is 26.3 Å². The van der Waals surface area contributed by atoms with E-state index in [1.165, 1.54) is 0 Å². The minimum atomic E-state index is -0.0914. The molecule has 108 valence electrons. The summed E-state index contributed by atoms with van der Waals surface area (Å²) in [6.07, 6.45) is 0. The number of imidazole rings is 1. The molecule has 1 aliphatic carbocycles. The Morgan fingerprint density at radius 1 is 1.14 bits per heavy atom. The Hall–Kier alpha value is -2.95. The third kappa shape index (κ3) is 1.50. The quantitative estimate of drug-likeness (QED) is 0.400. The topological polar surface area (TPSA) is 67.5 Å². The number of aromatic nitrogens is 2. The lowest BCUT2D eigenvalue weighted by Gasteiger charge is -2.17. The van der Waals surface area contributed by atoms with Gasteiger partial charge < -0.3 is 9.77 Å². The first-order chi connectivity index (χ1) is 10.6. The summed E-state index contributed by atoms with van der Waals surface area (Å²) in [4.78, 5) is 17.2. The fourth-order valence-electron chi connectivity index (χ4n) is 3.02. The molecule has 0 atom stereocenters. The molecule has 0 aliphatic heterocycles. The lowest BCUT2D eigenvalue weighted by Crippen LogP contribution is -2.23. The maximum Gasteiger partial charge on any atom is 0.212 e. The van der Waals surface area contributed by atoms with E-state index in [2.05, 4.69) is 10.1 Å². The first kappa shape index (κ1) is 12.8. The van der Waals surface area contributed by atoms with E-state index in [0.29, 0.717) is 34.1 Å². The Bertz CT molecular complexity index is 983. The van der Waals surface area contributed by atoms with Gasteiger partial charge in [0.1, 0.15) is 22.9 Å². The van der Waals surface area contributed by atoms with Crippen molar-refractivity contribution in [2.45, 2.75) is 6.92 Å². The number of benzene rings is 2. The van der Waals surface area contributed by atoms with E-state index >= 15 is 0 Å². The van der Waals surface area contributed by atoms with E-state index in [1.807, 2.05) is 43.3 Å². The summed E-state index contributed by atoms with van der Waals surface area (Å²) in [5.74, 6) is 0.614. The van der Waals surface area contributed by atoms with Crippen molar-refractivity contribution < 1.29 is 10.0 Å². The van der Waals surface area contributed by atoms with Gasteiger partial charge in [0.05, 0.1) is 0 Å². The smallest absolute Gasteiger partial charge is 0.212 e. The van der Waals surface area contributed by atoms with Gasteiger partial charge >= 0.3 is 0 Å². The predicted molar refractivity (Wildman–Crippen MR) is 82.8 cm³/mol. The van der Waals surface area contributed by atoms with Crippen LogP contribution in [-0.2, 0) is 7.05 Å². The average molecular weight is 291 g/mol. The van der Waals surface area contributed by atoms with E-state index in [1.54, 1.807) is 11.6 Å². The second-order valence-corrected chi connectivity index (χ2v) is 5.44. The van der Waals surface area contributed by atoms with E-state index in [9.17, 15) is 10.0 Å². The number of carbonyl (C=O) groups is 1. The summed E-state index contributed by atoms with van der Waals surface area (Å²) >= 11 is 0. The lowest BCUT2D eigenvalue weighted by atomic mass is 9.87. The molecule has 2 aromatic carbocycles. The first-order valence-corrected chi connectivity index (χ1v) is 6.95. The van der Waals surface area contributed by atoms with Crippen molar-refractivity contribution in [3.05, 3.63) is 64.7 Å². The summed E-state index contributed by atoms with van der Waals surface area (Å²) in [5, 5.41) is 14.9. The number of fused-ring (bicyclic) bond motifs is 3. The predicted octanol–water partition coefficient (Wildman–Crippen LogP) is 2.65. The molecule has 4 rings (SSSR count). The maximum atomic E-state index is 12.8. The van der Waals surface area contributed by atoms with Crippen LogP contribution in [0.5, 0.6) is 0 Å². The second-order valence-electron chi connectivity index (χ2n) is 5.44. The Morgan fingerprint density at radius 2 is 1.77 bits per heavy atom. The molecular weight excluding hydrogens is 278 g/mol. The molecule has 3 aromatic rings. The van der Waals surface area contributed by atoms with Crippen molar-refractivity contribution in [3.63, 3.8) is 0 Å². The van der Waals surface area contributed by atoms with Crippen molar-refractivity contribution >= 4 is 22.3 Å². The molecule has 22 heavy (non-hydrogen) atoms. The highest BCUT2D eigenvalue weighted by atomic mass is 16.4. The summed E-state index contributed by atoms with van der Waals surface area (Å²) in [5.41, 5.74) is 2.42. The van der Waals surface area contributed by atoms with Crippen molar-refractivity contribution in [1.29, 1.82) is 0 Å². The third-order valence-electron chi connectivity index (χ3n) is 4.24. The molecule has 1 N–H and O–H groups in total. The zero-order valence-electron chi connectivity index (χ0n) is 12.2. The zero-order chi connectivity index (χ0) is 15.4. The van der Waals surface area contributed by atoms with Gasteiger partial charge in [-0.3, -0.25) is 4.79 Å². The average Bonchev–Trinajstić information content (AvgIpc) is 2.82. The Labute approximate surface area is 126 Å². The second kappa shape index (κ2) is 4.27. The molecular formula is C17H13N3O2. The van der Waals surface area contributed by atoms with Crippen molar-refractivity contribution in [1.82, 2.24) is 9.55 Å². The van der Waals surface area contributed by atoms with E-state index in [0.717, 1.165) is 10.8 Å². The molecule has 1 aromatic heterocycles.